The van der Waals surface area contributed by atoms with Crippen LogP contribution in [-0.2, 0) is 0 Å². The van der Waals surface area contributed by atoms with Gasteiger partial charge in [-0.25, -0.2) is 0 Å². The maximum Gasteiger partial charge on any atom is 0.167 e. The predicted octanol–water partition coefficient (Wildman–Crippen LogP) is 1.49. The molecule has 0 bridgehead atoms. The summed E-state index contributed by atoms with van der Waals surface area (Å²) in [6.45, 7) is 3.81. The summed E-state index contributed by atoms with van der Waals surface area (Å²) in [7, 11) is 0. The summed E-state index contributed by atoms with van der Waals surface area (Å²) < 4.78 is 0. The first kappa shape index (κ1) is 14.7. The summed E-state index contributed by atoms with van der Waals surface area (Å²) >= 11 is 1.69. The molecule has 0 aliphatic heterocycles. The minimum Gasteiger partial charge on any atom is -0.396 e. The monoisotopic (exact) mass is 266 g/mol. The lowest BCUT2D eigenvalue weighted by molar-refractivity contribution is 0.282. The van der Waals surface area contributed by atoms with Crippen LogP contribution in [0.25, 0.3) is 0 Å². The van der Waals surface area contributed by atoms with E-state index in [9.17, 15) is 5.26 Å². The average molecular weight is 266 g/mol. The number of nitriles is 1. The molecule has 0 saturated heterocycles. The predicted molar refractivity (Wildman–Crippen MR) is 73.7 cm³/mol. The molecule has 5 nitrogen and oxygen atoms in total. The maximum absolute atomic E-state index is 9.18. The second-order valence-corrected chi connectivity index (χ2v) is 4.97. The third kappa shape index (κ3) is 3.59. The Bertz CT molecular complexity index is 438. The molecule has 98 valence electrons. The summed E-state index contributed by atoms with van der Waals surface area (Å²) in [5.41, 5.74) is 2.15. The number of hydrogen-bond donors (Lipinski definition) is 2. The van der Waals surface area contributed by atoms with Crippen molar-refractivity contribution >= 4 is 17.6 Å². The standard InChI is InChI=1S/C12H18N4OS/c1-8-9(2)15-16-12(11(8)6-13)14-10(4-5-17)7-18-3/h10,17H,4-5,7H2,1-3H3,(H,14,16). The van der Waals surface area contributed by atoms with Gasteiger partial charge in [0, 0.05) is 18.4 Å². The van der Waals surface area contributed by atoms with Crippen LogP contribution < -0.4 is 5.32 Å². The molecule has 2 N–H and O–H groups in total. The second-order valence-electron chi connectivity index (χ2n) is 4.05. The highest BCUT2D eigenvalue weighted by molar-refractivity contribution is 7.98. The molecule has 0 saturated carbocycles. The fraction of sp³-hybridized carbons (Fsp3) is 0.583. The maximum atomic E-state index is 9.18. The number of aryl methyl sites for hydroxylation is 1. The Hall–Kier alpha value is -1.32. The first-order chi connectivity index (χ1) is 8.63. The number of aromatic nitrogens is 2. The Morgan fingerprint density at radius 3 is 2.72 bits per heavy atom. The van der Waals surface area contributed by atoms with Crippen molar-refractivity contribution in [3.63, 3.8) is 0 Å². The van der Waals surface area contributed by atoms with Crippen LogP contribution in [0.5, 0.6) is 0 Å². The van der Waals surface area contributed by atoms with Gasteiger partial charge in [-0.05, 0) is 32.1 Å². The number of aliphatic hydroxyl groups is 1. The zero-order chi connectivity index (χ0) is 13.5. The number of aliphatic hydroxyl groups excluding tert-OH is 1. The minimum absolute atomic E-state index is 0.0912. The highest BCUT2D eigenvalue weighted by atomic mass is 32.2. The molecular weight excluding hydrogens is 248 g/mol. The largest absolute Gasteiger partial charge is 0.396 e. The molecule has 1 heterocycles. The van der Waals surface area contributed by atoms with E-state index in [1.807, 2.05) is 20.1 Å². The van der Waals surface area contributed by atoms with Crippen LogP contribution in [0.15, 0.2) is 0 Å². The van der Waals surface area contributed by atoms with Crippen molar-refractivity contribution in [1.82, 2.24) is 10.2 Å². The lowest BCUT2D eigenvalue weighted by atomic mass is 10.1. The van der Waals surface area contributed by atoms with Crippen LogP contribution in [0.4, 0.5) is 5.82 Å². The molecule has 18 heavy (non-hydrogen) atoms. The third-order valence-corrected chi connectivity index (χ3v) is 3.49. The summed E-state index contributed by atoms with van der Waals surface area (Å²) in [5.74, 6) is 1.35. The topological polar surface area (TPSA) is 81.8 Å². The Morgan fingerprint density at radius 1 is 1.44 bits per heavy atom. The third-order valence-electron chi connectivity index (χ3n) is 2.75. The smallest absolute Gasteiger partial charge is 0.167 e. The molecule has 1 aromatic rings. The number of hydrogen-bond acceptors (Lipinski definition) is 6. The molecule has 0 fully saturated rings. The van der Waals surface area contributed by atoms with E-state index in [1.54, 1.807) is 11.8 Å². The number of anilines is 1. The zero-order valence-electron chi connectivity index (χ0n) is 10.9. The summed E-state index contributed by atoms with van der Waals surface area (Å²) in [5, 5.41) is 29.5. The van der Waals surface area contributed by atoms with Gasteiger partial charge < -0.3 is 10.4 Å². The molecule has 0 spiro atoms. The van der Waals surface area contributed by atoms with Gasteiger partial charge in [0.05, 0.1) is 5.69 Å². The normalized spacial score (nSPS) is 11.9. The van der Waals surface area contributed by atoms with Gasteiger partial charge in [-0.15, -0.1) is 5.10 Å². The molecule has 1 atom stereocenters. The van der Waals surface area contributed by atoms with Crippen molar-refractivity contribution in [3.8, 4) is 6.07 Å². The number of nitrogens with zero attached hydrogens (tertiary/aromatic N) is 3. The molecule has 1 unspecified atom stereocenters. The molecule has 0 aliphatic carbocycles. The number of rotatable bonds is 6. The van der Waals surface area contributed by atoms with Gasteiger partial charge in [0.25, 0.3) is 0 Å². The molecule has 0 aromatic carbocycles. The second kappa shape index (κ2) is 7.19. The Balaban J connectivity index is 2.96. The molecular formula is C12H18N4OS. The lowest BCUT2D eigenvalue weighted by Crippen LogP contribution is -2.25. The van der Waals surface area contributed by atoms with Gasteiger partial charge in [-0.3, -0.25) is 0 Å². The highest BCUT2D eigenvalue weighted by Gasteiger charge is 2.14. The SMILES string of the molecule is CSCC(CCO)Nc1nnc(C)c(C)c1C#N. The van der Waals surface area contributed by atoms with E-state index in [4.69, 9.17) is 5.11 Å². The fourth-order valence-corrected chi connectivity index (χ4v) is 2.25. The molecule has 0 radical (unpaired) electrons. The van der Waals surface area contributed by atoms with Crippen molar-refractivity contribution in [3.05, 3.63) is 16.8 Å². The van der Waals surface area contributed by atoms with E-state index in [2.05, 4.69) is 21.6 Å². The Labute approximate surface area is 112 Å². The van der Waals surface area contributed by atoms with E-state index < -0.39 is 0 Å². The quantitative estimate of drug-likeness (QED) is 0.812. The minimum atomic E-state index is 0.0912. The van der Waals surface area contributed by atoms with Crippen molar-refractivity contribution in [2.24, 2.45) is 0 Å². The van der Waals surface area contributed by atoms with Crippen LogP contribution >= 0.6 is 11.8 Å². The van der Waals surface area contributed by atoms with Gasteiger partial charge in [-0.2, -0.15) is 22.1 Å². The van der Waals surface area contributed by atoms with Crippen LogP contribution in [0, 0.1) is 25.2 Å². The fourth-order valence-electron chi connectivity index (χ4n) is 1.59. The van der Waals surface area contributed by atoms with Gasteiger partial charge in [0.2, 0.25) is 0 Å². The molecule has 1 rings (SSSR count). The zero-order valence-corrected chi connectivity index (χ0v) is 11.7. The van der Waals surface area contributed by atoms with Gasteiger partial charge in [0.1, 0.15) is 11.6 Å². The van der Waals surface area contributed by atoms with Gasteiger partial charge in [-0.1, -0.05) is 0 Å². The van der Waals surface area contributed by atoms with E-state index in [1.165, 1.54) is 0 Å². The Kier molecular flexibility index (Phi) is 5.89. The molecule has 6 heteroatoms. The van der Waals surface area contributed by atoms with E-state index in [0.29, 0.717) is 17.8 Å². The van der Waals surface area contributed by atoms with Gasteiger partial charge in [0.15, 0.2) is 5.82 Å². The Morgan fingerprint density at radius 2 is 2.17 bits per heavy atom. The molecule has 0 amide bonds. The first-order valence-electron chi connectivity index (χ1n) is 5.74. The van der Waals surface area contributed by atoms with Crippen molar-refractivity contribution in [1.29, 1.82) is 5.26 Å². The van der Waals surface area contributed by atoms with Crippen LogP contribution in [0.2, 0.25) is 0 Å². The van der Waals surface area contributed by atoms with Crippen molar-refractivity contribution < 1.29 is 5.11 Å². The van der Waals surface area contributed by atoms with Crippen LogP contribution in [0.1, 0.15) is 23.2 Å². The number of thioether (sulfide) groups is 1. The van der Waals surface area contributed by atoms with E-state index in [0.717, 1.165) is 17.0 Å². The lowest BCUT2D eigenvalue weighted by Gasteiger charge is -2.18. The van der Waals surface area contributed by atoms with E-state index in [-0.39, 0.29) is 12.6 Å². The molecule has 1 aromatic heterocycles. The van der Waals surface area contributed by atoms with Crippen molar-refractivity contribution in [2.75, 3.05) is 23.9 Å². The number of nitrogens with one attached hydrogen (secondary N) is 1. The summed E-state index contributed by atoms with van der Waals surface area (Å²) in [6.07, 6.45) is 2.63. The summed E-state index contributed by atoms with van der Waals surface area (Å²) in [6, 6.07) is 2.25. The average Bonchev–Trinajstić information content (AvgIpc) is 2.35. The van der Waals surface area contributed by atoms with E-state index >= 15 is 0 Å². The van der Waals surface area contributed by atoms with Crippen molar-refractivity contribution in [2.45, 2.75) is 26.3 Å². The molecule has 0 aliphatic rings. The summed E-state index contributed by atoms with van der Waals surface area (Å²) in [4.78, 5) is 0. The van der Waals surface area contributed by atoms with Crippen LogP contribution in [0.3, 0.4) is 0 Å². The van der Waals surface area contributed by atoms with Gasteiger partial charge >= 0.3 is 0 Å². The highest BCUT2D eigenvalue weighted by Crippen LogP contribution is 2.19. The van der Waals surface area contributed by atoms with Crippen LogP contribution in [-0.4, -0.2) is 40.0 Å². The first-order valence-corrected chi connectivity index (χ1v) is 7.13.